The van der Waals surface area contributed by atoms with Crippen LogP contribution in [0.25, 0.3) is 0 Å². The van der Waals surface area contributed by atoms with Crippen molar-refractivity contribution in [2.75, 3.05) is 11.5 Å². The number of amides is 1. The molecule has 1 saturated carbocycles. The number of carbonyl (C=O) groups excluding carboxylic acids is 2. The molecule has 3 fully saturated rings. The highest BCUT2D eigenvalue weighted by atomic mass is 79.9. The molecule has 0 unspecified atom stereocenters. The summed E-state index contributed by atoms with van der Waals surface area (Å²) >= 11 is 3.48. The third-order valence-corrected chi connectivity index (χ3v) is 6.86. The molecule has 23 heavy (non-hydrogen) atoms. The van der Waals surface area contributed by atoms with E-state index in [2.05, 4.69) is 29.8 Å². The molecule has 6 atom stereocenters. The lowest BCUT2D eigenvalue weighted by atomic mass is 9.61. The topological polar surface area (TPSA) is 55.8 Å². The van der Waals surface area contributed by atoms with Gasteiger partial charge in [-0.3, -0.25) is 14.5 Å². The molecule has 0 aromatic heterocycles. The van der Waals surface area contributed by atoms with Crippen molar-refractivity contribution in [1.82, 2.24) is 0 Å². The molecule has 3 aliphatic heterocycles. The predicted molar refractivity (Wildman–Crippen MR) is 85.0 cm³/mol. The third kappa shape index (κ3) is 1.40. The number of hydrogen-bond acceptors (Lipinski definition) is 4. The number of carbonyl (C=O) groups is 2. The highest BCUT2D eigenvalue weighted by Crippen LogP contribution is 2.61. The maximum absolute atomic E-state index is 13.2. The Morgan fingerprint density at radius 2 is 2.09 bits per heavy atom. The largest absolute Gasteiger partial charge is 0.485 e. The molecule has 5 nitrogen and oxygen atoms in total. The molecule has 4 aliphatic rings. The van der Waals surface area contributed by atoms with Crippen molar-refractivity contribution in [2.45, 2.75) is 25.5 Å². The normalized spacial score (nSPS) is 42.9. The first-order valence-corrected chi connectivity index (χ1v) is 8.71. The van der Waals surface area contributed by atoms with E-state index >= 15 is 0 Å². The molecule has 3 heterocycles. The number of rotatable bonds is 0. The number of cyclic esters (lactones) is 1. The Hall–Kier alpha value is -1.56. The fraction of sp³-hybridized carbons (Fsp3) is 0.529. The van der Waals surface area contributed by atoms with Gasteiger partial charge in [-0.15, -0.1) is 0 Å². The lowest BCUT2D eigenvalue weighted by Crippen LogP contribution is -2.64. The van der Waals surface area contributed by atoms with Crippen LogP contribution in [0.15, 0.2) is 22.7 Å². The maximum atomic E-state index is 13.2. The van der Waals surface area contributed by atoms with E-state index in [9.17, 15) is 9.59 Å². The van der Waals surface area contributed by atoms with Crippen molar-refractivity contribution < 1.29 is 19.1 Å². The molecular formula is C17H16BrNO4. The van der Waals surface area contributed by atoms with Crippen molar-refractivity contribution in [1.29, 1.82) is 0 Å². The minimum Gasteiger partial charge on any atom is -0.485 e. The number of nitrogens with zero attached hydrogens (tertiary/aromatic N) is 1. The van der Waals surface area contributed by atoms with E-state index in [-0.39, 0.29) is 41.7 Å². The molecule has 5 rings (SSSR count). The molecule has 1 amide bonds. The third-order valence-electron chi connectivity index (χ3n) is 6.37. The molecule has 0 spiro atoms. The predicted octanol–water partition coefficient (Wildman–Crippen LogP) is 2.37. The van der Waals surface area contributed by atoms with Crippen LogP contribution in [-0.4, -0.2) is 30.1 Å². The number of fused-ring (bicyclic) bond motifs is 6. The Morgan fingerprint density at radius 3 is 2.87 bits per heavy atom. The number of halogens is 1. The Balaban J connectivity index is 1.78. The number of benzene rings is 1. The van der Waals surface area contributed by atoms with Crippen LogP contribution in [0.3, 0.4) is 0 Å². The Bertz CT molecular complexity index is 765. The first-order chi connectivity index (χ1) is 10.9. The van der Waals surface area contributed by atoms with Gasteiger partial charge in [-0.25, -0.2) is 0 Å². The average Bonchev–Trinajstić information content (AvgIpc) is 2.95. The number of ether oxygens (including phenoxy) is 2. The Labute approximate surface area is 142 Å². The number of anilines is 1. The van der Waals surface area contributed by atoms with E-state index in [0.717, 1.165) is 10.2 Å². The van der Waals surface area contributed by atoms with E-state index in [1.54, 1.807) is 0 Å². The molecule has 0 N–H and O–H groups in total. The van der Waals surface area contributed by atoms with E-state index in [0.29, 0.717) is 12.4 Å². The lowest BCUT2D eigenvalue weighted by Gasteiger charge is -2.52. The van der Waals surface area contributed by atoms with Crippen LogP contribution >= 0.6 is 15.9 Å². The molecule has 1 aliphatic carbocycles. The maximum Gasteiger partial charge on any atom is 0.310 e. The van der Waals surface area contributed by atoms with Crippen LogP contribution in [0.5, 0.6) is 5.75 Å². The first kappa shape index (κ1) is 13.8. The van der Waals surface area contributed by atoms with Gasteiger partial charge in [0.2, 0.25) is 5.91 Å². The summed E-state index contributed by atoms with van der Waals surface area (Å²) in [6.07, 6.45) is -0.217. The van der Waals surface area contributed by atoms with Gasteiger partial charge in [0.25, 0.3) is 0 Å². The van der Waals surface area contributed by atoms with E-state index < -0.39 is 5.54 Å². The van der Waals surface area contributed by atoms with Gasteiger partial charge in [0.1, 0.15) is 11.9 Å². The summed E-state index contributed by atoms with van der Waals surface area (Å²) < 4.78 is 12.5. The van der Waals surface area contributed by atoms with Gasteiger partial charge >= 0.3 is 5.97 Å². The summed E-state index contributed by atoms with van der Waals surface area (Å²) in [5.74, 6) is -0.220. The second-order valence-corrected chi connectivity index (χ2v) is 8.10. The summed E-state index contributed by atoms with van der Waals surface area (Å²) in [5, 5.41) is 0. The van der Waals surface area contributed by atoms with Crippen LogP contribution in [0.1, 0.15) is 13.8 Å². The van der Waals surface area contributed by atoms with Crippen molar-refractivity contribution in [3.63, 3.8) is 0 Å². The van der Waals surface area contributed by atoms with Crippen molar-refractivity contribution in [3.8, 4) is 5.75 Å². The standard InChI is InChI=1S/C17H16BrNO4/c1-7-12-13-9(6-22-16(13)21)14-17(7,2)19(15(12)20)10-5-8(18)3-4-11(10)23-14/h3-5,7,9,12-14H,6H2,1-2H3/t7-,9+,12+,13-,14+,17-/m0/s1. The van der Waals surface area contributed by atoms with Crippen molar-refractivity contribution in [3.05, 3.63) is 22.7 Å². The average molecular weight is 378 g/mol. The Morgan fingerprint density at radius 1 is 1.30 bits per heavy atom. The summed E-state index contributed by atoms with van der Waals surface area (Å²) in [5.41, 5.74) is 0.357. The zero-order chi connectivity index (χ0) is 16.1. The second kappa shape index (κ2) is 4.09. The van der Waals surface area contributed by atoms with Crippen molar-refractivity contribution in [2.24, 2.45) is 23.7 Å². The van der Waals surface area contributed by atoms with E-state index in [4.69, 9.17) is 9.47 Å². The highest BCUT2D eigenvalue weighted by Gasteiger charge is 2.72. The van der Waals surface area contributed by atoms with Gasteiger partial charge in [0.15, 0.2) is 0 Å². The SMILES string of the molecule is C[C@H]1[C@H]2C(=O)N3c4cc(Br)ccc4O[C@H]([C@@H]4COC(=O)[C@@H]42)[C@]13C. The monoisotopic (exact) mass is 377 g/mol. The van der Waals surface area contributed by atoms with Crippen LogP contribution in [0.2, 0.25) is 0 Å². The van der Waals surface area contributed by atoms with Crippen LogP contribution in [0.4, 0.5) is 5.69 Å². The van der Waals surface area contributed by atoms with Gasteiger partial charge in [-0.05, 0) is 31.0 Å². The molecule has 1 aromatic carbocycles. The molecular weight excluding hydrogens is 362 g/mol. The fourth-order valence-corrected chi connectivity index (χ4v) is 5.53. The van der Waals surface area contributed by atoms with Crippen LogP contribution in [0, 0.1) is 23.7 Å². The van der Waals surface area contributed by atoms with Gasteiger partial charge < -0.3 is 9.47 Å². The first-order valence-electron chi connectivity index (χ1n) is 7.91. The lowest BCUT2D eigenvalue weighted by molar-refractivity contribution is -0.146. The van der Waals surface area contributed by atoms with E-state index in [1.165, 1.54) is 0 Å². The minimum atomic E-state index is -0.440. The molecule has 120 valence electrons. The summed E-state index contributed by atoms with van der Waals surface area (Å²) in [6, 6.07) is 5.72. The molecule has 2 bridgehead atoms. The zero-order valence-corrected chi connectivity index (χ0v) is 14.4. The number of esters is 1. The smallest absolute Gasteiger partial charge is 0.310 e. The van der Waals surface area contributed by atoms with Crippen molar-refractivity contribution >= 4 is 33.5 Å². The summed E-state index contributed by atoms with van der Waals surface area (Å²) in [7, 11) is 0. The zero-order valence-electron chi connectivity index (χ0n) is 12.8. The number of hydrogen-bond donors (Lipinski definition) is 0. The van der Waals surface area contributed by atoms with E-state index in [1.807, 2.05) is 23.1 Å². The molecule has 6 heteroatoms. The highest BCUT2D eigenvalue weighted by molar-refractivity contribution is 9.10. The molecule has 0 radical (unpaired) electrons. The quantitative estimate of drug-likeness (QED) is 0.651. The van der Waals surface area contributed by atoms with Gasteiger partial charge in [0, 0.05) is 10.4 Å². The minimum absolute atomic E-state index is 0.0269. The second-order valence-electron chi connectivity index (χ2n) is 7.18. The van der Waals surface area contributed by atoms with Gasteiger partial charge in [-0.1, -0.05) is 22.9 Å². The molecule has 2 saturated heterocycles. The van der Waals surface area contributed by atoms with Gasteiger partial charge in [0.05, 0.1) is 29.7 Å². The summed E-state index contributed by atoms with van der Waals surface area (Å²) in [6.45, 7) is 4.49. The van der Waals surface area contributed by atoms with Crippen LogP contribution < -0.4 is 9.64 Å². The summed E-state index contributed by atoms with van der Waals surface area (Å²) in [4.78, 5) is 27.4. The molecule has 1 aromatic rings. The van der Waals surface area contributed by atoms with Crippen LogP contribution in [-0.2, 0) is 14.3 Å². The Kier molecular flexibility index (Phi) is 2.46. The van der Waals surface area contributed by atoms with Gasteiger partial charge in [-0.2, -0.15) is 0 Å². The fourth-order valence-electron chi connectivity index (χ4n) is 5.18.